The van der Waals surface area contributed by atoms with Crippen LogP contribution in [0.4, 0.5) is 11.4 Å². The predicted molar refractivity (Wildman–Crippen MR) is 159 cm³/mol. The zero-order valence-corrected chi connectivity index (χ0v) is 25.3. The van der Waals surface area contributed by atoms with E-state index < -0.39 is 15.9 Å². The second-order valence-corrected chi connectivity index (χ2v) is 10.2. The highest BCUT2D eigenvalue weighted by atomic mass is 32.2. The van der Waals surface area contributed by atoms with Crippen molar-refractivity contribution in [1.82, 2.24) is 0 Å². The van der Waals surface area contributed by atoms with Gasteiger partial charge in [0.05, 0.1) is 56.0 Å². The van der Waals surface area contributed by atoms with Crippen molar-refractivity contribution in [1.29, 1.82) is 10.5 Å². The Morgan fingerprint density at radius 1 is 0.721 bits per heavy atom. The van der Waals surface area contributed by atoms with E-state index in [1.165, 1.54) is 43.5 Å². The third kappa shape index (κ3) is 7.58. The topological polar surface area (TPSA) is 169 Å². The molecule has 0 aliphatic heterocycles. The van der Waals surface area contributed by atoms with Gasteiger partial charge in [0.2, 0.25) is 0 Å². The van der Waals surface area contributed by atoms with Crippen LogP contribution in [0.5, 0.6) is 28.7 Å². The number of nitrogens with zero attached hydrogens (tertiary/aromatic N) is 2. The van der Waals surface area contributed by atoms with Crippen molar-refractivity contribution in [3.05, 3.63) is 59.2 Å². The molecule has 2 N–H and O–H groups in total. The molecule has 3 rings (SSSR count). The van der Waals surface area contributed by atoms with Crippen LogP contribution >= 0.6 is 0 Å². The maximum Gasteiger partial charge on any atom is 0.265 e. The van der Waals surface area contributed by atoms with E-state index in [4.69, 9.17) is 23.7 Å². The number of nitriles is 2. The van der Waals surface area contributed by atoms with E-state index in [-0.39, 0.29) is 51.1 Å². The second kappa shape index (κ2) is 14.7. The fourth-order valence-corrected chi connectivity index (χ4v) is 5.25. The van der Waals surface area contributed by atoms with E-state index in [1.54, 1.807) is 27.7 Å². The summed E-state index contributed by atoms with van der Waals surface area (Å²) in [7, 11) is -3.12. The van der Waals surface area contributed by atoms with Gasteiger partial charge < -0.3 is 29.0 Å². The van der Waals surface area contributed by atoms with Crippen molar-refractivity contribution < 1.29 is 36.9 Å². The summed E-state index contributed by atoms with van der Waals surface area (Å²) in [6.45, 7) is 8.33. The molecule has 0 aliphatic rings. The summed E-state index contributed by atoms with van der Waals surface area (Å²) in [5, 5.41) is 22.0. The maximum absolute atomic E-state index is 13.6. The minimum Gasteiger partial charge on any atom is -0.495 e. The lowest BCUT2D eigenvalue weighted by Crippen LogP contribution is -2.18. The normalized spacial score (nSPS) is 10.6. The van der Waals surface area contributed by atoms with Crippen molar-refractivity contribution in [3.63, 3.8) is 0 Å². The Bertz CT molecular complexity index is 1680. The standard InChI is InChI=1S/C30H32N4O8S/c1-6-39-25-12-20(17-31)22(15-27(25)41-8-3)33-30(35)19-10-11-24(38-5)29(14-19)43(36,37)34-23-16-28(42-9-4)26(40-7-2)13-21(23)18-32/h10-16,34H,6-9H2,1-5H3,(H,33,35). The number of carbonyl (C=O) groups excluding carboxylic acids is 1. The Kier molecular flexibility index (Phi) is 11.0. The third-order valence-electron chi connectivity index (χ3n) is 5.82. The maximum atomic E-state index is 13.6. The highest BCUT2D eigenvalue weighted by molar-refractivity contribution is 7.92. The number of amides is 1. The van der Waals surface area contributed by atoms with Gasteiger partial charge in [-0.05, 0) is 45.9 Å². The van der Waals surface area contributed by atoms with Crippen LogP contribution in [0.2, 0.25) is 0 Å². The summed E-state index contributed by atoms with van der Waals surface area (Å²) in [6, 6.07) is 13.5. The summed E-state index contributed by atoms with van der Waals surface area (Å²) < 4.78 is 57.1. The van der Waals surface area contributed by atoms with Crippen molar-refractivity contribution in [2.75, 3.05) is 43.6 Å². The number of methoxy groups -OCH3 is 1. The molecule has 43 heavy (non-hydrogen) atoms. The van der Waals surface area contributed by atoms with Gasteiger partial charge in [0, 0.05) is 29.8 Å². The van der Waals surface area contributed by atoms with E-state index >= 15 is 0 Å². The molecule has 0 saturated carbocycles. The Labute approximate surface area is 250 Å². The fraction of sp³-hybridized carbons (Fsp3) is 0.300. The van der Waals surface area contributed by atoms with Gasteiger partial charge >= 0.3 is 0 Å². The summed E-state index contributed by atoms with van der Waals surface area (Å²) >= 11 is 0. The zero-order chi connectivity index (χ0) is 31.6. The lowest BCUT2D eigenvalue weighted by molar-refractivity contribution is 0.102. The molecule has 0 aliphatic carbocycles. The Morgan fingerprint density at radius 3 is 1.65 bits per heavy atom. The number of rotatable bonds is 14. The Hall–Kier alpha value is -5.14. The molecule has 0 radical (unpaired) electrons. The van der Waals surface area contributed by atoms with Gasteiger partial charge in [-0.2, -0.15) is 10.5 Å². The van der Waals surface area contributed by atoms with Gasteiger partial charge in [-0.1, -0.05) is 0 Å². The smallest absolute Gasteiger partial charge is 0.265 e. The van der Waals surface area contributed by atoms with E-state index in [2.05, 4.69) is 10.0 Å². The second-order valence-electron chi connectivity index (χ2n) is 8.57. The van der Waals surface area contributed by atoms with Gasteiger partial charge in [0.1, 0.15) is 22.8 Å². The molecule has 0 aromatic heterocycles. The molecule has 3 aromatic carbocycles. The Balaban J connectivity index is 2.02. The molecular weight excluding hydrogens is 576 g/mol. The van der Waals surface area contributed by atoms with Crippen molar-refractivity contribution in [3.8, 4) is 40.9 Å². The number of nitrogens with one attached hydrogen (secondary N) is 2. The monoisotopic (exact) mass is 608 g/mol. The molecule has 0 fully saturated rings. The first kappa shape index (κ1) is 32.4. The van der Waals surface area contributed by atoms with Gasteiger partial charge in [-0.15, -0.1) is 0 Å². The van der Waals surface area contributed by atoms with Crippen LogP contribution in [0.25, 0.3) is 0 Å². The van der Waals surface area contributed by atoms with Gasteiger partial charge in [0.15, 0.2) is 23.0 Å². The summed E-state index contributed by atoms with van der Waals surface area (Å²) in [5.41, 5.74) is 0.164. The number of hydrogen-bond acceptors (Lipinski definition) is 10. The quantitative estimate of drug-likeness (QED) is 0.251. The van der Waals surface area contributed by atoms with E-state index in [0.29, 0.717) is 37.1 Å². The summed E-state index contributed by atoms with van der Waals surface area (Å²) in [5.74, 6) is 0.475. The molecule has 0 saturated heterocycles. The molecule has 3 aromatic rings. The fourth-order valence-electron chi connectivity index (χ4n) is 3.99. The number of sulfonamides is 1. The molecule has 0 bridgehead atoms. The molecule has 1 amide bonds. The molecule has 0 unspecified atom stereocenters. The number of ether oxygens (including phenoxy) is 5. The van der Waals surface area contributed by atoms with Gasteiger partial charge in [-0.3, -0.25) is 9.52 Å². The molecule has 0 spiro atoms. The lowest BCUT2D eigenvalue weighted by atomic mass is 10.1. The average Bonchev–Trinajstić information content (AvgIpc) is 2.99. The summed E-state index contributed by atoms with van der Waals surface area (Å²) in [6.07, 6.45) is 0. The predicted octanol–water partition coefficient (Wildman–Crippen LogP) is 5.09. The average molecular weight is 609 g/mol. The molecule has 12 nitrogen and oxygen atoms in total. The minimum atomic E-state index is -4.40. The highest BCUT2D eigenvalue weighted by Gasteiger charge is 2.25. The lowest BCUT2D eigenvalue weighted by Gasteiger charge is -2.17. The molecule has 0 heterocycles. The zero-order valence-electron chi connectivity index (χ0n) is 24.4. The van der Waals surface area contributed by atoms with Crippen LogP contribution < -0.4 is 33.7 Å². The molecule has 226 valence electrons. The van der Waals surface area contributed by atoms with Crippen molar-refractivity contribution in [2.45, 2.75) is 32.6 Å². The van der Waals surface area contributed by atoms with E-state index in [1.807, 2.05) is 12.1 Å². The van der Waals surface area contributed by atoms with E-state index in [9.17, 15) is 23.7 Å². The minimum absolute atomic E-state index is 0.00650. The van der Waals surface area contributed by atoms with E-state index in [0.717, 1.165) is 6.07 Å². The first-order chi connectivity index (χ1) is 20.7. The van der Waals surface area contributed by atoms with Gasteiger partial charge in [0.25, 0.3) is 15.9 Å². The van der Waals surface area contributed by atoms with Crippen LogP contribution in [-0.2, 0) is 10.0 Å². The molecule has 13 heteroatoms. The number of hydrogen-bond donors (Lipinski definition) is 2. The number of carbonyl (C=O) groups is 1. The van der Waals surface area contributed by atoms with Crippen LogP contribution in [0.1, 0.15) is 49.2 Å². The number of benzene rings is 3. The van der Waals surface area contributed by atoms with Crippen LogP contribution in [-0.4, -0.2) is 47.9 Å². The highest BCUT2D eigenvalue weighted by Crippen LogP contribution is 2.37. The number of anilines is 2. The van der Waals surface area contributed by atoms with Crippen molar-refractivity contribution >= 4 is 27.3 Å². The first-order valence-corrected chi connectivity index (χ1v) is 14.8. The Morgan fingerprint density at radius 2 is 1.19 bits per heavy atom. The van der Waals surface area contributed by atoms with Crippen LogP contribution in [0.3, 0.4) is 0 Å². The largest absolute Gasteiger partial charge is 0.495 e. The summed E-state index contributed by atoms with van der Waals surface area (Å²) in [4.78, 5) is 12.9. The van der Waals surface area contributed by atoms with Crippen LogP contribution in [0, 0.1) is 22.7 Å². The SMILES string of the molecule is CCOc1cc(C#N)c(NC(=O)c2ccc(OC)c(S(=O)(=O)Nc3cc(OCC)c(OCC)cc3C#N)c2)cc1OCC. The van der Waals surface area contributed by atoms with Gasteiger partial charge in [-0.25, -0.2) is 8.42 Å². The molecule has 0 atom stereocenters. The first-order valence-electron chi connectivity index (χ1n) is 13.4. The third-order valence-corrected chi connectivity index (χ3v) is 7.20. The van der Waals surface area contributed by atoms with Crippen molar-refractivity contribution in [2.24, 2.45) is 0 Å². The van der Waals surface area contributed by atoms with Crippen LogP contribution in [0.15, 0.2) is 47.4 Å². The molecular formula is C30H32N4O8S.